The van der Waals surface area contributed by atoms with Crippen LogP contribution >= 0.6 is 16.1 Å². The summed E-state index contributed by atoms with van der Waals surface area (Å²) in [6.07, 6.45) is 4.02. The summed E-state index contributed by atoms with van der Waals surface area (Å²) < 4.78 is 10.4. The van der Waals surface area contributed by atoms with E-state index in [9.17, 15) is 9.90 Å². The Hall–Kier alpha value is -2.34. The number of carbonyl (C=O) groups excluding carboxylic acids is 1. The fraction of sp³-hybridized carbons (Fsp3) is 0.576. The van der Waals surface area contributed by atoms with Crippen LogP contribution < -0.4 is 4.74 Å². The van der Waals surface area contributed by atoms with Crippen molar-refractivity contribution in [2.24, 2.45) is 9.94 Å². The van der Waals surface area contributed by atoms with E-state index in [4.69, 9.17) is 4.74 Å². The van der Waals surface area contributed by atoms with Gasteiger partial charge in [-0.2, -0.15) is 4.02 Å². The number of phenolic OH excluding ortho intramolecular Hbond substituents is 1. The first kappa shape index (κ1) is 31.2. The summed E-state index contributed by atoms with van der Waals surface area (Å²) in [4.78, 5) is 16.1. The van der Waals surface area contributed by atoms with Crippen LogP contribution in [-0.2, 0) is 17.3 Å². The van der Waals surface area contributed by atoms with Gasteiger partial charge >= 0.3 is 0 Å². The van der Waals surface area contributed by atoms with Gasteiger partial charge in [-0.1, -0.05) is 67.0 Å². The van der Waals surface area contributed by atoms with E-state index in [0.29, 0.717) is 11.3 Å². The second-order valence-electron chi connectivity index (χ2n) is 13.3. The number of likely N-dealkylation sites (tertiary alicyclic amines) is 1. The highest BCUT2D eigenvalue weighted by atomic mass is 79.9. The summed E-state index contributed by atoms with van der Waals surface area (Å²) in [7, 11) is 0. The van der Waals surface area contributed by atoms with E-state index in [2.05, 4.69) is 85.7 Å². The molecule has 214 valence electrons. The molecule has 1 fully saturated rings. The molecule has 39 heavy (non-hydrogen) atoms. The summed E-state index contributed by atoms with van der Waals surface area (Å²) in [5, 5.41) is 11.1. The van der Waals surface area contributed by atoms with Crippen LogP contribution in [0.4, 0.5) is 0 Å². The third-order valence-corrected chi connectivity index (χ3v) is 7.87. The molecule has 1 saturated heterocycles. The Morgan fingerprint density at radius 2 is 1.64 bits per heavy atom. The van der Waals surface area contributed by atoms with Crippen LogP contribution in [0.3, 0.4) is 0 Å². The van der Waals surface area contributed by atoms with E-state index >= 15 is 0 Å². The number of Topliss-reactive ketones (excluding diaryl/α,β-unsaturated/α-hetero) is 1. The van der Waals surface area contributed by atoms with Crippen molar-refractivity contribution in [1.82, 2.24) is 4.90 Å². The molecule has 0 unspecified atom stereocenters. The van der Waals surface area contributed by atoms with Crippen molar-refractivity contribution >= 4 is 27.8 Å². The van der Waals surface area contributed by atoms with Crippen LogP contribution in [0.2, 0.25) is 0 Å². The van der Waals surface area contributed by atoms with Crippen molar-refractivity contribution < 1.29 is 14.6 Å². The van der Waals surface area contributed by atoms with Crippen LogP contribution in [0.1, 0.15) is 109 Å². The van der Waals surface area contributed by atoms with E-state index in [1.807, 2.05) is 38.1 Å². The quantitative estimate of drug-likeness (QED) is 0.294. The summed E-state index contributed by atoms with van der Waals surface area (Å²) in [5.41, 5.74) is 2.92. The monoisotopic (exact) mass is 598 g/mol. The Balaban J connectivity index is 1.89. The number of ether oxygens (including phenoxy) is 1. The van der Waals surface area contributed by atoms with Gasteiger partial charge in [0.05, 0.1) is 28.8 Å². The Morgan fingerprint density at radius 3 is 2.10 bits per heavy atom. The Labute approximate surface area is 244 Å². The molecule has 2 atom stereocenters. The van der Waals surface area contributed by atoms with E-state index in [-0.39, 0.29) is 41.2 Å². The van der Waals surface area contributed by atoms with Crippen LogP contribution in [-0.4, -0.2) is 40.3 Å². The number of hydrogen-bond donors (Lipinski definition) is 1. The Morgan fingerprint density at radius 1 is 1.08 bits per heavy atom. The Bertz CT molecular complexity index is 1140. The zero-order chi connectivity index (χ0) is 29.1. The van der Waals surface area contributed by atoms with Crippen LogP contribution in [0.15, 0.2) is 40.4 Å². The molecule has 1 aliphatic rings. The van der Waals surface area contributed by atoms with Gasteiger partial charge in [0, 0.05) is 28.7 Å². The standard InChI is InChI=1S/C33H47BrN2O3/c1-10-11-25-17-24(16-22-12-14-26(15-13-22)39-21(2)3)31(35-34)36(25)20-29(37)23-18-27(32(4,5)6)30(38)28(19-23)33(7,8)9/h12-15,18-19,21,24-25,38H,10-11,16-17,20H2,1-9H3/b35-31-/t24-,25+/m0/s1. The highest BCUT2D eigenvalue weighted by Crippen LogP contribution is 2.40. The highest BCUT2D eigenvalue weighted by Gasteiger charge is 2.38. The van der Waals surface area contributed by atoms with Crippen LogP contribution in [0.25, 0.3) is 0 Å². The number of phenols is 1. The number of benzene rings is 2. The number of halogens is 1. The van der Waals surface area contributed by atoms with E-state index in [1.165, 1.54) is 5.56 Å². The first-order valence-electron chi connectivity index (χ1n) is 14.3. The van der Waals surface area contributed by atoms with Crippen molar-refractivity contribution in [3.63, 3.8) is 0 Å². The topological polar surface area (TPSA) is 62.1 Å². The second kappa shape index (κ2) is 12.4. The number of hydrogen-bond acceptors (Lipinski definition) is 4. The van der Waals surface area contributed by atoms with Gasteiger partial charge in [0.2, 0.25) is 0 Å². The van der Waals surface area contributed by atoms with Gasteiger partial charge in [-0.05, 0) is 73.8 Å². The van der Waals surface area contributed by atoms with Crippen LogP contribution in [0.5, 0.6) is 11.5 Å². The normalized spacial score (nSPS) is 19.3. The molecule has 0 bridgehead atoms. The third kappa shape index (κ3) is 7.65. The minimum atomic E-state index is -0.290. The van der Waals surface area contributed by atoms with Gasteiger partial charge in [-0.25, -0.2) is 0 Å². The van der Waals surface area contributed by atoms with Crippen molar-refractivity contribution in [2.75, 3.05) is 6.54 Å². The number of carbonyl (C=O) groups is 1. The number of ketones is 1. The summed E-state index contributed by atoms with van der Waals surface area (Å²) in [6, 6.07) is 12.4. The molecule has 0 spiro atoms. The minimum absolute atomic E-state index is 0.0524. The van der Waals surface area contributed by atoms with Crippen molar-refractivity contribution in [1.29, 1.82) is 0 Å². The fourth-order valence-corrected chi connectivity index (χ4v) is 6.03. The molecule has 1 aliphatic heterocycles. The first-order chi connectivity index (χ1) is 18.1. The molecule has 3 rings (SSSR count). The van der Waals surface area contributed by atoms with Gasteiger partial charge in [-0.15, -0.1) is 0 Å². The number of aromatic hydroxyl groups is 1. The molecular formula is C33H47BrN2O3. The predicted octanol–water partition coefficient (Wildman–Crippen LogP) is 8.40. The van der Waals surface area contributed by atoms with Crippen LogP contribution in [0, 0.1) is 5.92 Å². The molecule has 2 aromatic rings. The summed E-state index contributed by atoms with van der Waals surface area (Å²) in [6.45, 7) is 18.9. The van der Waals surface area contributed by atoms with Gasteiger partial charge in [-0.3, -0.25) is 4.79 Å². The van der Waals surface area contributed by atoms with Gasteiger partial charge < -0.3 is 14.7 Å². The van der Waals surface area contributed by atoms with Crippen molar-refractivity contribution in [3.8, 4) is 11.5 Å². The zero-order valence-electron chi connectivity index (χ0n) is 25.3. The second-order valence-corrected chi connectivity index (χ2v) is 13.7. The lowest BCUT2D eigenvalue weighted by molar-refractivity contribution is 0.0950. The van der Waals surface area contributed by atoms with E-state index in [0.717, 1.165) is 48.4 Å². The minimum Gasteiger partial charge on any atom is -0.507 e. The molecule has 6 heteroatoms. The van der Waals surface area contributed by atoms with Gasteiger partial charge in [0.25, 0.3) is 0 Å². The maximum absolute atomic E-state index is 13.9. The molecule has 0 amide bonds. The molecule has 1 N–H and O–H groups in total. The Kier molecular flexibility index (Phi) is 9.96. The molecular weight excluding hydrogens is 552 g/mol. The van der Waals surface area contributed by atoms with Gasteiger partial charge in [0.1, 0.15) is 17.3 Å². The number of rotatable bonds is 9. The molecule has 1 heterocycles. The van der Waals surface area contributed by atoms with Gasteiger partial charge in [0.15, 0.2) is 5.78 Å². The average Bonchev–Trinajstić information content (AvgIpc) is 3.14. The maximum Gasteiger partial charge on any atom is 0.182 e. The van der Waals surface area contributed by atoms with Crippen molar-refractivity contribution in [2.45, 2.75) is 111 Å². The van der Waals surface area contributed by atoms with E-state index < -0.39 is 0 Å². The first-order valence-corrected chi connectivity index (χ1v) is 15.0. The largest absolute Gasteiger partial charge is 0.507 e. The van der Waals surface area contributed by atoms with Crippen molar-refractivity contribution in [3.05, 3.63) is 58.7 Å². The average molecular weight is 600 g/mol. The lowest BCUT2D eigenvalue weighted by Gasteiger charge is -2.29. The number of nitrogens with zero attached hydrogens (tertiary/aromatic N) is 2. The zero-order valence-corrected chi connectivity index (χ0v) is 26.9. The van der Waals surface area contributed by atoms with E-state index in [1.54, 1.807) is 0 Å². The lowest BCUT2D eigenvalue weighted by atomic mass is 9.78. The molecule has 0 aromatic heterocycles. The SMILES string of the molecule is CCC[C@@H]1C[C@H](Cc2ccc(OC(C)C)cc2)/C(=N/Br)N1CC(=O)c1cc(C(C)(C)C)c(O)c(C(C)(C)C)c1. The molecule has 2 aromatic carbocycles. The lowest BCUT2D eigenvalue weighted by Crippen LogP contribution is -2.38. The molecule has 0 radical (unpaired) electrons. The maximum atomic E-state index is 13.9. The summed E-state index contributed by atoms with van der Waals surface area (Å²) >= 11 is 3.40. The number of amidine groups is 1. The summed E-state index contributed by atoms with van der Waals surface area (Å²) in [5.74, 6) is 2.39. The predicted molar refractivity (Wildman–Crippen MR) is 166 cm³/mol. The molecule has 0 saturated carbocycles. The third-order valence-electron chi connectivity index (χ3n) is 7.50. The molecule has 0 aliphatic carbocycles. The smallest absolute Gasteiger partial charge is 0.182 e. The fourth-order valence-electron chi connectivity index (χ4n) is 5.54. The molecule has 5 nitrogen and oxygen atoms in total. The highest BCUT2D eigenvalue weighted by molar-refractivity contribution is 9.08.